The number of aromatic nitrogens is 3. The lowest BCUT2D eigenvalue weighted by Crippen LogP contribution is -2.36. The summed E-state index contributed by atoms with van der Waals surface area (Å²) in [6, 6.07) is 17.3. The van der Waals surface area contributed by atoms with Crippen LogP contribution in [0.3, 0.4) is 0 Å². The van der Waals surface area contributed by atoms with Crippen molar-refractivity contribution in [2.45, 2.75) is 62.9 Å². The molecule has 0 saturated carbocycles. The Morgan fingerprint density at radius 1 is 0.907 bits per heavy atom. The van der Waals surface area contributed by atoms with Crippen LogP contribution in [0.4, 0.5) is 13.2 Å². The van der Waals surface area contributed by atoms with Crippen molar-refractivity contribution in [1.82, 2.24) is 18.5 Å². The van der Waals surface area contributed by atoms with Crippen molar-refractivity contribution in [2.75, 3.05) is 0 Å². The largest absolute Gasteiger partial charge is 0.418 e. The van der Waals surface area contributed by atoms with Gasteiger partial charge in [0, 0.05) is 12.0 Å². The Morgan fingerprint density at radius 2 is 1.53 bits per heavy atom. The smallest absolute Gasteiger partial charge is 0.274 e. The predicted octanol–water partition coefficient (Wildman–Crippen LogP) is 5.13. The molecule has 9 nitrogen and oxygen atoms in total. The summed E-state index contributed by atoms with van der Waals surface area (Å²) in [6.45, 7) is 4.68. The van der Waals surface area contributed by atoms with E-state index in [4.69, 9.17) is 0 Å². The average molecular weight is 637 g/mol. The molecule has 0 unspecified atom stereocenters. The van der Waals surface area contributed by atoms with Gasteiger partial charge in [-0.1, -0.05) is 67.9 Å². The van der Waals surface area contributed by atoms with E-state index < -0.39 is 42.7 Å². The lowest BCUT2D eigenvalue weighted by atomic mass is 10.0. The molecule has 0 saturated heterocycles. The first kappa shape index (κ1) is 32.2. The number of sulfonamides is 2. The molecule has 0 bridgehead atoms. The summed E-state index contributed by atoms with van der Waals surface area (Å²) < 4.78 is 95.6. The molecule has 14 heteroatoms. The number of unbranched alkanes of at least 4 members (excludes halogenated alkanes) is 1. The first-order valence-electron chi connectivity index (χ1n) is 13.5. The average Bonchev–Trinajstić information content (AvgIpc) is 3.25. The van der Waals surface area contributed by atoms with E-state index in [9.17, 15) is 34.8 Å². The van der Waals surface area contributed by atoms with Gasteiger partial charge in [-0.15, -0.1) is 9.23 Å². The van der Waals surface area contributed by atoms with Crippen LogP contribution in [-0.4, -0.2) is 36.4 Å². The highest BCUT2D eigenvalue weighted by Gasteiger charge is 2.35. The van der Waals surface area contributed by atoms with Crippen molar-refractivity contribution in [2.24, 2.45) is 0 Å². The molecule has 1 aromatic heterocycles. The molecule has 4 rings (SSSR count). The SMILES string of the molecule is CCCCc1nn(-c2ccccc2C(F)(F)F)c(=O)n1Cc1ccc(-c2ccccc2S(=O)(=O)NS(=O)(=O)C(C)C)cc1. The zero-order valence-electron chi connectivity index (χ0n) is 23.7. The van der Waals surface area contributed by atoms with Crippen LogP contribution in [0, 0.1) is 0 Å². The van der Waals surface area contributed by atoms with Crippen LogP contribution in [0.1, 0.15) is 50.6 Å². The summed E-state index contributed by atoms with van der Waals surface area (Å²) in [5, 5.41) is 3.31. The molecule has 1 heterocycles. The van der Waals surface area contributed by atoms with Crippen molar-refractivity contribution in [1.29, 1.82) is 0 Å². The Morgan fingerprint density at radius 3 is 2.16 bits per heavy atom. The van der Waals surface area contributed by atoms with Crippen LogP contribution in [0.5, 0.6) is 0 Å². The van der Waals surface area contributed by atoms with Crippen LogP contribution in [0.15, 0.2) is 82.5 Å². The summed E-state index contributed by atoms with van der Waals surface area (Å²) in [5.74, 6) is 0.335. The number of nitrogens with one attached hydrogen (secondary N) is 1. The van der Waals surface area contributed by atoms with Gasteiger partial charge < -0.3 is 0 Å². The standard InChI is InChI=1S/C29H31F3N4O5S2/c1-4-5-14-27-33-36(25-12-8-7-11-24(25)29(30,31)32)28(37)35(27)19-21-15-17-22(18-16-21)23-10-6-9-13-26(23)43(40,41)34-42(38,39)20(2)3/h6-13,15-18,20,34H,4-5,14,19H2,1-3H3. The first-order valence-corrected chi connectivity index (χ1v) is 16.5. The van der Waals surface area contributed by atoms with Crippen molar-refractivity contribution in [3.05, 3.63) is 100 Å². The highest BCUT2D eigenvalue weighted by molar-refractivity contribution is 8.05. The van der Waals surface area contributed by atoms with E-state index in [1.54, 1.807) is 40.5 Å². The second kappa shape index (κ2) is 12.5. The highest BCUT2D eigenvalue weighted by Crippen LogP contribution is 2.33. The Balaban J connectivity index is 1.70. The second-order valence-electron chi connectivity index (χ2n) is 10.2. The maximum absolute atomic E-state index is 13.7. The molecule has 3 aromatic carbocycles. The normalized spacial score (nSPS) is 12.6. The number of benzene rings is 3. The molecule has 1 N–H and O–H groups in total. The highest BCUT2D eigenvalue weighted by atomic mass is 32.3. The van der Waals surface area contributed by atoms with Gasteiger partial charge in [0.05, 0.1) is 27.9 Å². The molecule has 0 aliphatic heterocycles. The topological polar surface area (TPSA) is 120 Å². The van der Waals surface area contributed by atoms with Crippen molar-refractivity contribution in [3.63, 3.8) is 0 Å². The molecule has 0 spiro atoms. The summed E-state index contributed by atoms with van der Waals surface area (Å²) in [7, 11) is -8.56. The molecule has 4 aromatic rings. The third-order valence-electron chi connectivity index (χ3n) is 6.76. The summed E-state index contributed by atoms with van der Waals surface area (Å²) in [4.78, 5) is 13.2. The number of hydrogen-bond donors (Lipinski definition) is 1. The van der Waals surface area contributed by atoms with E-state index in [0.29, 0.717) is 29.8 Å². The molecule has 0 atom stereocenters. The Kier molecular flexibility index (Phi) is 9.33. The third kappa shape index (κ3) is 7.08. The lowest BCUT2D eigenvalue weighted by Gasteiger charge is -2.14. The second-order valence-corrected chi connectivity index (χ2v) is 14.3. The zero-order valence-corrected chi connectivity index (χ0v) is 25.3. The zero-order chi connectivity index (χ0) is 31.6. The number of halogens is 3. The van der Waals surface area contributed by atoms with Gasteiger partial charge in [-0.2, -0.15) is 17.9 Å². The molecule has 0 aliphatic carbocycles. The van der Waals surface area contributed by atoms with E-state index in [0.717, 1.165) is 17.2 Å². The molecule has 0 fully saturated rings. The van der Waals surface area contributed by atoms with Gasteiger partial charge in [0.25, 0.3) is 10.0 Å². The number of rotatable bonds is 11. The quantitative estimate of drug-likeness (QED) is 0.244. The molecule has 43 heavy (non-hydrogen) atoms. The fourth-order valence-electron chi connectivity index (χ4n) is 4.38. The number of para-hydroxylation sites is 1. The van der Waals surface area contributed by atoms with E-state index in [2.05, 4.69) is 5.10 Å². The van der Waals surface area contributed by atoms with E-state index >= 15 is 0 Å². The predicted molar refractivity (Wildman–Crippen MR) is 157 cm³/mol. The van der Waals surface area contributed by atoms with Crippen molar-refractivity contribution >= 4 is 20.0 Å². The van der Waals surface area contributed by atoms with Crippen LogP contribution in [-0.2, 0) is 39.2 Å². The van der Waals surface area contributed by atoms with E-state index in [-0.39, 0.29) is 22.7 Å². The number of nitrogens with zero attached hydrogens (tertiary/aromatic N) is 3. The minimum Gasteiger partial charge on any atom is -0.274 e. The van der Waals surface area contributed by atoms with Crippen molar-refractivity contribution in [3.8, 4) is 16.8 Å². The van der Waals surface area contributed by atoms with E-state index in [1.807, 2.05) is 6.92 Å². The van der Waals surface area contributed by atoms with Crippen molar-refractivity contribution < 1.29 is 30.0 Å². The number of hydrogen-bond acceptors (Lipinski definition) is 6. The Hall–Kier alpha value is -3.75. The first-order chi connectivity index (χ1) is 20.2. The molecular formula is C29H31F3N4O5S2. The molecular weight excluding hydrogens is 605 g/mol. The lowest BCUT2D eigenvalue weighted by molar-refractivity contribution is -0.137. The van der Waals surface area contributed by atoms with Gasteiger partial charge >= 0.3 is 11.9 Å². The molecule has 0 radical (unpaired) electrons. The molecule has 230 valence electrons. The van der Waals surface area contributed by atoms with Crippen LogP contribution >= 0.6 is 0 Å². The van der Waals surface area contributed by atoms with Gasteiger partial charge in [0.2, 0.25) is 10.0 Å². The van der Waals surface area contributed by atoms with Crippen LogP contribution < -0.4 is 9.82 Å². The van der Waals surface area contributed by atoms with Gasteiger partial charge in [0.15, 0.2) is 0 Å². The van der Waals surface area contributed by atoms with E-state index in [1.165, 1.54) is 48.7 Å². The van der Waals surface area contributed by atoms with Gasteiger partial charge in [-0.05, 0) is 49.6 Å². The minimum absolute atomic E-state index is 0.0144. The molecule has 0 aliphatic rings. The minimum atomic E-state index is -4.68. The maximum Gasteiger partial charge on any atom is 0.418 e. The Bertz CT molecular complexity index is 1880. The maximum atomic E-state index is 13.7. The third-order valence-corrected chi connectivity index (χ3v) is 10.7. The van der Waals surface area contributed by atoms with Gasteiger partial charge in [-0.3, -0.25) is 4.57 Å². The number of alkyl halides is 3. The monoisotopic (exact) mass is 636 g/mol. The van der Waals surface area contributed by atoms with Crippen LogP contribution in [0.2, 0.25) is 0 Å². The van der Waals surface area contributed by atoms with Crippen LogP contribution in [0.25, 0.3) is 16.8 Å². The van der Waals surface area contributed by atoms with Gasteiger partial charge in [-0.25, -0.2) is 21.6 Å². The summed E-state index contributed by atoms with van der Waals surface area (Å²) in [6.07, 6.45) is -2.85. The number of aryl methyl sites for hydroxylation is 1. The molecule has 0 amide bonds. The Labute approximate surface area is 248 Å². The summed E-state index contributed by atoms with van der Waals surface area (Å²) >= 11 is 0. The summed E-state index contributed by atoms with van der Waals surface area (Å²) in [5.41, 5.74) is -0.707. The fourth-order valence-corrected chi connectivity index (χ4v) is 7.46. The van der Waals surface area contributed by atoms with Gasteiger partial charge in [0.1, 0.15) is 5.82 Å². The fraction of sp³-hybridized carbons (Fsp3) is 0.310.